The molecule has 2 rings (SSSR count). The van der Waals surface area contributed by atoms with Crippen LogP contribution in [0.4, 0.5) is 0 Å². The molecule has 0 unspecified atom stereocenters. The number of nitrogens with zero attached hydrogens (tertiary/aromatic N) is 2. The van der Waals surface area contributed by atoms with Crippen LogP contribution in [0.15, 0.2) is 22.9 Å². The topological polar surface area (TPSA) is 69.7 Å². The number of carbonyl (C=O) groups is 3. The third kappa shape index (κ3) is 5.52. The molecule has 1 aromatic heterocycles. The van der Waals surface area contributed by atoms with Gasteiger partial charge in [0.1, 0.15) is 0 Å². The number of nitrogens with one attached hydrogen (secondary N) is 1. The first-order valence-electron chi connectivity index (χ1n) is 7.57. The normalized spacial score (nSPS) is 15.0. The van der Waals surface area contributed by atoms with Crippen molar-refractivity contribution in [2.45, 2.75) is 13.3 Å². The number of hydrogen-bond acceptors (Lipinski definition) is 4. The SMILES string of the molecule is CC(=O)N1CCN(C(=O)CCNC(=O)/C=C\c2ccsc2)CC1. The van der Waals surface area contributed by atoms with Gasteiger partial charge in [-0.1, -0.05) is 0 Å². The van der Waals surface area contributed by atoms with E-state index in [-0.39, 0.29) is 24.1 Å². The number of amides is 3. The Bertz CT molecular complexity index is 575. The molecule has 0 aliphatic carbocycles. The lowest BCUT2D eigenvalue weighted by Gasteiger charge is -2.34. The van der Waals surface area contributed by atoms with Crippen LogP contribution in [-0.4, -0.2) is 60.2 Å². The molecule has 124 valence electrons. The van der Waals surface area contributed by atoms with Crippen molar-refractivity contribution in [2.75, 3.05) is 32.7 Å². The molecule has 1 fully saturated rings. The average Bonchev–Trinajstić information content (AvgIpc) is 3.06. The summed E-state index contributed by atoms with van der Waals surface area (Å²) in [6.45, 7) is 4.14. The van der Waals surface area contributed by atoms with E-state index in [2.05, 4.69) is 5.32 Å². The molecule has 6 nitrogen and oxygen atoms in total. The predicted molar refractivity (Wildman–Crippen MR) is 89.8 cm³/mol. The van der Waals surface area contributed by atoms with Gasteiger partial charge in [-0.05, 0) is 28.5 Å². The van der Waals surface area contributed by atoms with Crippen molar-refractivity contribution in [3.05, 3.63) is 28.5 Å². The van der Waals surface area contributed by atoms with E-state index in [0.717, 1.165) is 5.56 Å². The van der Waals surface area contributed by atoms with Gasteiger partial charge in [0.05, 0.1) is 0 Å². The minimum Gasteiger partial charge on any atom is -0.352 e. The summed E-state index contributed by atoms with van der Waals surface area (Å²) in [5.74, 6) is -0.150. The minimum atomic E-state index is -0.203. The first-order valence-corrected chi connectivity index (χ1v) is 8.52. The van der Waals surface area contributed by atoms with E-state index in [1.54, 1.807) is 27.2 Å². The van der Waals surface area contributed by atoms with Crippen molar-refractivity contribution >= 4 is 35.1 Å². The maximum absolute atomic E-state index is 12.1. The maximum atomic E-state index is 12.1. The minimum absolute atomic E-state index is 0.00955. The predicted octanol–water partition coefficient (Wildman–Crippen LogP) is 0.958. The fraction of sp³-hybridized carbons (Fsp3) is 0.438. The molecule has 1 saturated heterocycles. The van der Waals surface area contributed by atoms with E-state index >= 15 is 0 Å². The Balaban J connectivity index is 1.65. The molecule has 3 amide bonds. The molecule has 1 N–H and O–H groups in total. The number of piperazine rings is 1. The second-order valence-corrected chi connectivity index (χ2v) is 6.10. The number of rotatable bonds is 5. The largest absolute Gasteiger partial charge is 0.352 e. The zero-order valence-corrected chi connectivity index (χ0v) is 14.0. The van der Waals surface area contributed by atoms with Crippen LogP contribution in [0.5, 0.6) is 0 Å². The second-order valence-electron chi connectivity index (χ2n) is 5.32. The van der Waals surface area contributed by atoms with Crippen LogP contribution in [0.2, 0.25) is 0 Å². The second kappa shape index (κ2) is 8.47. The highest BCUT2D eigenvalue weighted by Gasteiger charge is 2.21. The van der Waals surface area contributed by atoms with Crippen LogP contribution in [0.1, 0.15) is 18.9 Å². The van der Waals surface area contributed by atoms with Gasteiger partial charge < -0.3 is 15.1 Å². The maximum Gasteiger partial charge on any atom is 0.244 e. The lowest BCUT2D eigenvalue weighted by molar-refractivity contribution is -0.138. The summed E-state index contributed by atoms with van der Waals surface area (Å²) in [4.78, 5) is 38.4. The van der Waals surface area contributed by atoms with Gasteiger partial charge in [0.2, 0.25) is 17.7 Å². The summed E-state index contributed by atoms with van der Waals surface area (Å²) in [6.07, 6.45) is 3.49. The van der Waals surface area contributed by atoms with Gasteiger partial charge in [0.25, 0.3) is 0 Å². The number of thiophene rings is 1. The Morgan fingerprint density at radius 1 is 1.22 bits per heavy atom. The Morgan fingerprint density at radius 3 is 2.52 bits per heavy atom. The Hall–Kier alpha value is -2.15. The monoisotopic (exact) mass is 335 g/mol. The molecule has 2 heterocycles. The van der Waals surface area contributed by atoms with Crippen molar-refractivity contribution in [3.63, 3.8) is 0 Å². The lowest BCUT2D eigenvalue weighted by atomic mass is 10.2. The molecule has 0 bridgehead atoms. The molecule has 23 heavy (non-hydrogen) atoms. The van der Waals surface area contributed by atoms with Gasteiger partial charge in [-0.15, -0.1) is 0 Å². The Kier molecular flexibility index (Phi) is 6.34. The fourth-order valence-electron chi connectivity index (χ4n) is 2.32. The zero-order valence-electron chi connectivity index (χ0n) is 13.2. The van der Waals surface area contributed by atoms with Crippen LogP contribution < -0.4 is 5.32 Å². The van der Waals surface area contributed by atoms with Crippen molar-refractivity contribution < 1.29 is 14.4 Å². The fourth-order valence-corrected chi connectivity index (χ4v) is 2.95. The Labute approximate surface area is 139 Å². The third-order valence-electron chi connectivity index (χ3n) is 3.69. The summed E-state index contributed by atoms with van der Waals surface area (Å²) in [5, 5.41) is 6.61. The van der Waals surface area contributed by atoms with E-state index in [1.165, 1.54) is 13.0 Å². The molecule has 1 aromatic rings. The standard InChI is InChI=1S/C16H21N3O3S/c1-13(20)18-7-9-19(10-8-18)16(22)4-6-17-15(21)3-2-14-5-11-23-12-14/h2-3,5,11-12H,4,6-10H2,1H3,(H,17,21)/b3-2-. The van der Waals surface area contributed by atoms with Gasteiger partial charge in [-0.3, -0.25) is 14.4 Å². The first-order chi connectivity index (χ1) is 11.1. The highest BCUT2D eigenvalue weighted by molar-refractivity contribution is 7.08. The van der Waals surface area contributed by atoms with Gasteiger partial charge in [-0.2, -0.15) is 11.3 Å². The number of carbonyl (C=O) groups excluding carboxylic acids is 3. The van der Waals surface area contributed by atoms with E-state index in [0.29, 0.717) is 32.7 Å². The molecule has 1 aliphatic rings. The molecule has 1 aliphatic heterocycles. The molecule has 0 saturated carbocycles. The first kappa shape index (κ1) is 17.2. The van der Waals surface area contributed by atoms with Crippen LogP contribution in [-0.2, 0) is 14.4 Å². The van der Waals surface area contributed by atoms with Crippen LogP contribution in [0, 0.1) is 0 Å². The van der Waals surface area contributed by atoms with E-state index in [4.69, 9.17) is 0 Å². The smallest absolute Gasteiger partial charge is 0.244 e. The van der Waals surface area contributed by atoms with Crippen molar-refractivity contribution in [2.24, 2.45) is 0 Å². The summed E-state index contributed by atoms with van der Waals surface area (Å²) >= 11 is 1.57. The Morgan fingerprint density at radius 2 is 1.91 bits per heavy atom. The van der Waals surface area contributed by atoms with Gasteiger partial charge in [-0.25, -0.2) is 0 Å². The quantitative estimate of drug-likeness (QED) is 0.815. The molecule has 7 heteroatoms. The van der Waals surface area contributed by atoms with E-state index in [1.807, 2.05) is 16.8 Å². The van der Waals surface area contributed by atoms with Gasteiger partial charge >= 0.3 is 0 Å². The molecular formula is C16H21N3O3S. The number of hydrogen-bond donors (Lipinski definition) is 1. The summed E-state index contributed by atoms with van der Waals surface area (Å²) < 4.78 is 0. The lowest BCUT2D eigenvalue weighted by Crippen LogP contribution is -2.50. The van der Waals surface area contributed by atoms with Crippen LogP contribution in [0.25, 0.3) is 6.08 Å². The van der Waals surface area contributed by atoms with Gasteiger partial charge in [0.15, 0.2) is 0 Å². The van der Waals surface area contributed by atoms with Crippen molar-refractivity contribution in [3.8, 4) is 0 Å². The summed E-state index contributed by atoms with van der Waals surface area (Å²) in [7, 11) is 0. The summed E-state index contributed by atoms with van der Waals surface area (Å²) in [6, 6.07) is 1.93. The van der Waals surface area contributed by atoms with Crippen LogP contribution >= 0.6 is 11.3 Å². The van der Waals surface area contributed by atoms with Gasteiger partial charge in [0, 0.05) is 52.1 Å². The molecule has 0 atom stereocenters. The van der Waals surface area contributed by atoms with E-state index in [9.17, 15) is 14.4 Å². The van der Waals surface area contributed by atoms with Crippen molar-refractivity contribution in [1.29, 1.82) is 0 Å². The zero-order chi connectivity index (χ0) is 16.7. The highest BCUT2D eigenvalue weighted by Crippen LogP contribution is 2.07. The van der Waals surface area contributed by atoms with E-state index < -0.39 is 0 Å². The molecular weight excluding hydrogens is 314 g/mol. The third-order valence-corrected chi connectivity index (χ3v) is 4.39. The van der Waals surface area contributed by atoms with Crippen molar-refractivity contribution in [1.82, 2.24) is 15.1 Å². The molecule has 0 radical (unpaired) electrons. The summed E-state index contributed by atoms with van der Waals surface area (Å²) in [5.41, 5.74) is 0.990. The van der Waals surface area contributed by atoms with Crippen LogP contribution in [0.3, 0.4) is 0 Å². The highest BCUT2D eigenvalue weighted by atomic mass is 32.1. The molecule has 0 aromatic carbocycles. The average molecular weight is 335 g/mol. The molecule has 0 spiro atoms.